The maximum atomic E-state index is 6.07. The number of hydrogen-bond donors (Lipinski definition) is 2. The predicted molar refractivity (Wildman–Crippen MR) is 106 cm³/mol. The second-order valence-electron chi connectivity index (χ2n) is 8.12. The van der Waals surface area contributed by atoms with Crippen LogP contribution >= 0.6 is 0 Å². The lowest BCUT2D eigenvalue weighted by molar-refractivity contribution is -0.0835. The first-order chi connectivity index (χ1) is 12.5. The van der Waals surface area contributed by atoms with Gasteiger partial charge in [0, 0.05) is 31.5 Å². The van der Waals surface area contributed by atoms with Crippen molar-refractivity contribution in [3.8, 4) is 0 Å². The minimum atomic E-state index is 0.151. The molecule has 0 radical (unpaired) electrons. The van der Waals surface area contributed by atoms with E-state index in [2.05, 4.69) is 48.5 Å². The zero-order valence-electron chi connectivity index (χ0n) is 16.3. The van der Waals surface area contributed by atoms with Crippen molar-refractivity contribution >= 4 is 16.9 Å². The van der Waals surface area contributed by atoms with E-state index in [1.54, 1.807) is 7.05 Å². The third kappa shape index (κ3) is 4.58. The van der Waals surface area contributed by atoms with Crippen molar-refractivity contribution in [1.29, 1.82) is 0 Å². The Hall–Kier alpha value is -2.01. The van der Waals surface area contributed by atoms with E-state index in [4.69, 9.17) is 9.15 Å². The summed E-state index contributed by atoms with van der Waals surface area (Å²) in [7, 11) is 1.80. The van der Waals surface area contributed by atoms with E-state index >= 15 is 0 Å². The van der Waals surface area contributed by atoms with Gasteiger partial charge < -0.3 is 19.8 Å². The first-order valence-electron chi connectivity index (χ1n) is 9.51. The minimum Gasteiger partial charge on any atom is -0.459 e. The second kappa shape index (κ2) is 8.12. The van der Waals surface area contributed by atoms with Gasteiger partial charge in [0.2, 0.25) is 0 Å². The second-order valence-corrected chi connectivity index (χ2v) is 8.12. The van der Waals surface area contributed by atoms with Crippen LogP contribution in [-0.2, 0) is 11.3 Å². The molecule has 5 heteroatoms. The third-order valence-electron chi connectivity index (χ3n) is 4.96. The van der Waals surface area contributed by atoms with Crippen molar-refractivity contribution < 1.29 is 9.15 Å². The Morgan fingerprint density at radius 1 is 1.23 bits per heavy atom. The average Bonchev–Trinajstić information content (AvgIpc) is 3.04. The highest BCUT2D eigenvalue weighted by Crippen LogP contribution is 2.33. The summed E-state index contributed by atoms with van der Waals surface area (Å²) in [4.78, 5) is 4.34. The zero-order valence-corrected chi connectivity index (χ0v) is 16.3. The number of fused-ring (bicyclic) bond motifs is 1. The number of rotatable bonds is 4. The summed E-state index contributed by atoms with van der Waals surface area (Å²) >= 11 is 0. The number of para-hydroxylation sites is 1. The number of nitrogens with one attached hydrogen (secondary N) is 2. The molecule has 1 saturated heterocycles. The lowest BCUT2D eigenvalue weighted by Gasteiger charge is -2.40. The maximum absolute atomic E-state index is 6.07. The van der Waals surface area contributed by atoms with Crippen LogP contribution in [0.5, 0.6) is 0 Å². The van der Waals surface area contributed by atoms with Crippen molar-refractivity contribution in [3.05, 3.63) is 36.1 Å². The minimum absolute atomic E-state index is 0.151. The molecule has 1 aliphatic heterocycles. The fraction of sp³-hybridized carbons (Fsp3) is 0.571. The summed E-state index contributed by atoms with van der Waals surface area (Å²) in [6, 6.07) is 10.1. The smallest absolute Gasteiger partial charge is 0.191 e. The van der Waals surface area contributed by atoms with Gasteiger partial charge in [0.15, 0.2) is 5.96 Å². The number of hydrogen-bond acceptors (Lipinski definition) is 3. The lowest BCUT2D eigenvalue weighted by Crippen LogP contribution is -2.47. The molecule has 1 aromatic carbocycles. The molecular weight excluding hydrogens is 326 g/mol. The molecule has 5 nitrogen and oxygen atoms in total. The Balaban J connectivity index is 1.54. The van der Waals surface area contributed by atoms with Gasteiger partial charge in [-0.3, -0.25) is 4.99 Å². The lowest BCUT2D eigenvalue weighted by atomic mass is 9.78. The number of benzene rings is 1. The molecule has 0 amide bonds. The van der Waals surface area contributed by atoms with Crippen LogP contribution in [0.2, 0.25) is 0 Å². The van der Waals surface area contributed by atoms with Crippen LogP contribution in [-0.4, -0.2) is 32.3 Å². The predicted octanol–water partition coefficient (Wildman–Crippen LogP) is 3.94. The number of ether oxygens (including phenoxy) is 1. The van der Waals surface area contributed by atoms with Gasteiger partial charge in [-0.05, 0) is 30.4 Å². The summed E-state index contributed by atoms with van der Waals surface area (Å²) in [6.07, 6.45) is 2.59. The van der Waals surface area contributed by atoms with Crippen molar-refractivity contribution in [1.82, 2.24) is 10.6 Å². The first kappa shape index (κ1) is 18.8. The van der Waals surface area contributed by atoms with E-state index in [9.17, 15) is 0 Å². The normalized spacial score (nSPS) is 21.8. The topological polar surface area (TPSA) is 58.8 Å². The molecule has 1 aromatic heterocycles. The Morgan fingerprint density at radius 2 is 2.04 bits per heavy atom. The van der Waals surface area contributed by atoms with Crippen LogP contribution in [0.15, 0.2) is 39.7 Å². The molecule has 1 fully saturated rings. The molecule has 0 saturated carbocycles. The highest BCUT2D eigenvalue weighted by atomic mass is 16.5. The van der Waals surface area contributed by atoms with Gasteiger partial charge in [0.05, 0.1) is 12.6 Å². The molecule has 2 aromatic rings. The molecule has 2 heterocycles. The fourth-order valence-corrected chi connectivity index (χ4v) is 3.75. The molecule has 0 aliphatic carbocycles. The van der Waals surface area contributed by atoms with E-state index in [1.165, 1.54) is 6.42 Å². The average molecular weight is 357 g/mol. The molecule has 142 valence electrons. The van der Waals surface area contributed by atoms with Gasteiger partial charge >= 0.3 is 0 Å². The summed E-state index contributed by atoms with van der Waals surface area (Å²) in [5.74, 6) is 2.19. The molecule has 2 unspecified atom stereocenters. The number of guanidine groups is 1. The molecular formula is C21H31N3O2. The van der Waals surface area contributed by atoms with E-state index in [-0.39, 0.29) is 11.5 Å². The van der Waals surface area contributed by atoms with E-state index in [1.807, 2.05) is 18.2 Å². The molecule has 26 heavy (non-hydrogen) atoms. The first-order valence-corrected chi connectivity index (χ1v) is 9.51. The van der Waals surface area contributed by atoms with Crippen LogP contribution in [0.3, 0.4) is 0 Å². The van der Waals surface area contributed by atoms with Gasteiger partial charge in [0.1, 0.15) is 11.3 Å². The zero-order chi connectivity index (χ0) is 18.6. The van der Waals surface area contributed by atoms with Crippen LogP contribution in [0.25, 0.3) is 11.0 Å². The monoisotopic (exact) mass is 357 g/mol. The summed E-state index contributed by atoms with van der Waals surface area (Å²) in [5, 5.41) is 7.93. The van der Waals surface area contributed by atoms with Crippen LogP contribution in [0.1, 0.15) is 39.4 Å². The van der Waals surface area contributed by atoms with Gasteiger partial charge in [0.25, 0.3) is 0 Å². The number of aliphatic imine (C=N–C) groups is 1. The van der Waals surface area contributed by atoms with Gasteiger partial charge in [-0.25, -0.2) is 0 Å². The fourth-order valence-electron chi connectivity index (χ4n) is 3.75. The van der Waals surface area contributed by atoms with Crippen molar-refractivity contribution in [2.24, 2.45) is 16.3 Å². The van der Waals surface area contributed by atoms with E-state index < -0.39 is 0 Å². The summed E-state index contributed by atoms with van der Waals surface area (Å²) in [6.45, 7) is 9.11. The van der Waals surface area contributed by atoms with Crippen molar-refractivity contribution in [2.75, 3.05) is 20.2 Å². The van der Waals surface area contributed by atoms with E-state index in [0.717, 1.165) is 42.3 Å². The Bertz CT molecular complexity index is 712. The Morgan fingerprint density at radius 3 is 2.77 bits per heavy atom. The standard InChI is InChI=1S/C21H31N3O2/c1-21(2,3)19-16(9-7-11-25-19)13-23-20(22-4)24-14-17-12-15-8-5-6-10-18(15)26-17/h5-6,8,10,12,16,19H,7,9,11,13-14H2,1-4H3,(H2,22,23,24). The highest BCUT2D eigenvalue weighted by Gasteiger charge is 2.35. The van der Waals surface area contributed by atoms with Gasteiger partial charge in [-0.1, -0.05) is 39.0 Å². The summed E-state index contributed by atoms with van der Waals surface area (Å²) < 4.78 is 11.9. The van der Waals surface area contributed by atoms with Crippen LogP contribution < -0.4 is 10.6 Å². The third-order valence-corrected chi connectivity index (χ3v) is 4.96. The largest absolute Gasteiger partial charge is 0.459 e. The molecule has 0 spiro atoms. The van der Waals surface area contributed by atoms with Crippen LogP contribution in [0, 0.1) is 11.3 Å². The molecule has 2 atom stereocenters. The Labute approximate surface area is 156 Å². The molecule has 0 bridgehead atoms. The molecule has 3 rings (SSSR count). The summed E-state index contributed by atoms with van der Waals surface area (Å²) in [5.41, 5.74) is 1.07. The number of nitrogens with zero attached hydrogens (tertiary/aromatic N) is 1. The molecule has 2 N–H and O–H groups in total. The molecule has 1 aliphatic rings. The highest BCUT2D eigenvalue weighted by molar-refractivity contribution is 5.80. The van der Waals surface area contributed by atoms with Crippen molar-refractivity contribution in [3.63, 3.8) is 0 Å². The van der Waals surface area contributed by atoms with E-state index in [0.29, 0.717) is 12.5 Å². The SMILES string of the molecule is CN=C(NCc1cc2ccccc2o1)NCC1CCCOC1C(C)(C)C. The quantitative estimate of drug-likeness (QED) is 0.643. The van der Waals surface area contributed by atoms with Crippen molar-refractivity contribution in [2.45, 2.75) is 46.3 Å². The van der Waals surface area contributed by atoms with Gasteiger partial charge in [-0.2, -0.15) is 0 Å². The van der Waals surface area contributed by atoms with Gasteiger partial charge in [-0.15, -0.1) is 0 Å². The Kier molecular flexibility index (Phi) is 5.87. The van der Waals surface area contributed by atoms with Crippen LogP contribution in [0.4, 0.5) is 0 Å². The number of furan rings is 1. The maximum Gasteiger partial charge on any atom is 0.191 e.